The van der Waals surface area contributed by atoms with Crippen molar-refractivity contribution < 1.29 is 19.2 Å². The molecule has 0 aliphatic carbocycles. The van der Waals surface area contributed by atoms with Crippen molar-refractivity contribution in [2.75, 3.05) is 0 Å². The highest BCUT2D eigenvalue weighted by atomic mass is 16.8. The highest BCUT2D eigenvalue weighted by molar-refractivity contribution is 5.70. The van der Waals surface area contributed by atoms with Crippen LogP contribution in [0.5, 0.6) is 0 Å². The minimum Gasteiger partial charge on any atom is -0.420 e. The van der Waals surface area contributed by atoms with Gasteiger partial charge in [-0.2, -0.15) is 0 Å². The first-order valence-electron chi connectivity index (χ1n) is 5.26. The summed E-state index contributed by atoms with van der Waals surface area (Å²) in [4.78, 5) is 21.1. The van der Waals surface area contributed by atoms with Gasteiger partial charge in [-0.1, -0.05) is 0 Å². The first-order valence-corrected chi connectivity index (χ1v) is 5.26. The fourth-order valence-corrected chi connectivity index (χ4v) is 1.54. The van der Waals surface area contributed by atoms with Gasteiger partial charge in [-0.25, -0.2) is 4.79 Å². The zero-order chi connectivity index (χ0) is 13.3. The van der Waals surface area contributed by atoms with E-state index in [-0.39, 0.29) is 5.69 Å². The van der Waals surface area contributed by atoms with E-state index in [0.29, 0.717) is 11.3 Å². The third-order valence-electron chi connectivity index (χ3n) is 2.53. The summed E-state index contributed by atoms with van der Waals surface area (Å²) in [7, 11) is 0. The van der Waals surface area contributed by atoms with Crippen molar-refractivity contribution in [3.8, 4) is 0 Å². The molecule has 94 valence electrons. The van der Waals surface area contributed by atoms with Gasteiger partial charge in [0.15, 0.2) is 11.4 Å². The average Bonchev–Trinajstić information content (AvgIpc) is 2.52. The van der Waals surface area contributed by atoms with Gasteiger partial charge < -0.3 is 9.47 Å². The maximum atomic E-state index is 11.0. The molecule has 1 aromatic carbocycles. The Balaban J connectivity index is 2.28. The molecule has 1 fully saturated rings. The topological polar surface area (TPSA) is 78.7 Å². The Morgan fingerprint density at radius 1 is 1.28 bits per heavy atom. The van der Waals surface area contributed by atoms with Crippen molar-refractivity contribution in [1.29, 1.82) is 0 Å². The van der Waals surface area contributed by atoms with Crippen LogP contribution in [0, 0.1) is 10.1 Å². The lowest BCUT2D eigenvalue weighted by atomic mass is 10.0. The molecule has 0 atom stereocenters. The maximum absolute atomic E-state index is 11.0. The number of nitro benzene ring substituents is 1. The minimum absolute atomic E-state index is 0.0103. The van der Waals surface area contributed by atoms with Crippen molar-refractivity contribution in [2.24, 2.45) is 0 Å². The van der Waals surface area contributed by atoms with Crippen LogP contribution in [0.3, 0.4) is 0 Å². The largest absolute Gasteiger partial charge is 0.514 e. The molecule has 0 spiro atoms. The monoisotopic (exact) mass is 249 g/mol. The van der Waals surface area contributed by atoms with Crippen LogP contribution in [0.2, 0.25) is 0 Å². The second kappa shape index (κ2) is 4.14. The van der Waals surface area contributed by atoms with E-state index in [1.807, 2.05) is 0 Å². The third kappa shape index (κ3) is 2.32. The Morgan fingerprint density at radius 3 is 2.33 bits per heavy atom. The highest BCUT2D eigenvalue weighted by Gasteiger charge is 2.39. The second-order valence-corrected chi connectivity index (χ2v) is 4.32. The number of carbonyl (C=O) groups is 1. The predicted molar refractivity (Wildman–Crippen MR) is 62.7 cm³/mol. The minimum atomic E-state index is -0.821. The molecular weight excluding hydrogens is 238 g/mol. The Kier molecular flexibility index (Phi) is 2.78. The van der Waals surface area contributed by atoms with Gasteiger partial charge in [-0.3, -0.25) is 10.1 Å². The first-order chi connectivity index (χ1) is 8.38. The van der Waals surface area contributed by atoms with Gasteiger partial charge in [0.2, 0.25) is 0 Å². The van der Waals surface area contributed by atoms with Crippen molar-refractivity contribution in [3.05, 3.63) is 45.7 Å². The SMILES string of the molecule is CC1(C)OC(=O)O/C1=C\c1ccc([N+](=O)[O-])cc1. The molecule has 18 heavy (non-hydrogen) atoms. The van der Waals surface area contributed by atoms with Crippen molar-refractivity contribution in [2.45, 2.75) is 19.4 Å². The fourth-order valence-electron chi connectivity index (χ4n) is 1.54. The van der Waals surface area contributed by atoms with E-state index in [2.05, 4.69) is 0 Å². The Bertz CT molecular complexity index is 530. The summed E-state index contributed by atoms with van der Waals surface area (Å²) in [5, 5.41) is 10.5. The van der Waals surface area contributed by atoms with Gasteiger partial charge in [-0.15, -0.1) is 0 Å². The average molecular weight is 249 g/mol. The fraction of sp³-hybridized carbons (Fsp3) is 0.250. The molecule has 6 heteroatoms. The number of cyclic esters (lactones) is 2. The third-order valence-corrected chi connectivity index (χ3v) is 2.53. The van der Waals surface area contributed by atoms with Crippen LogP contribution in [0.25, 0.3) is 6.08 Å². The van der Waals surface area contributed by atoms with Gasteiger partial charge in [0.1, 0.15) is 0 Å². The summed E-state index contributed by atoms with van der Waals surface area (Å²) in [6, 6.07) is 5.93. The van der Waals surface area contributed by atoms with E-state index in [4.69, 9.17) is 9.47 Å². The van der Waals surface area contributed by atoms with E-state index in [0.717, 1.165) is 0 Å². The lowest BCUT2D eigenvalue weighted by Crippen LogP contribution is -2.20. The molecule has 1 heterocycles. The smallest absolute Gasteiger partial charge is 0.420 e. The molecule has 0 N–H and O–H groups in total. The molecule has 1 aliphatic rings. The number of carbonyl (C=O) groups excluding carboxylic acids is 1. The Morgan fingerprint density at radius 2 is 1.89 bits per heavy atom. The Hall–Kier alpha value is -2.37. The molecule has 0 aromatic heterocycles. The normalized spacial score (nSPS) is 19.4. The van der Waals surface area contributed by atoms with Gasteiger partial charge in [0.05, 0.1) is 4.92 Å². The van der Waals surface area contributed by atoms with Crippen molar-refractivity contribution in [3.63, 3.8) is 0 Å². The number of benzene rings is 1. The first kappa shape index (κ1) is 12.1. The van der Waals surface area contributed by atoms with Gasteiger partial charge in [0, 0.05) is 12.1 Å². The molecule has 0 saturated carbocycles. The standard InChI is InChI=1S/C12H11NO5/c1-12(2)10(17-11(14)18-12)7-8-3-5-9(6-4-8)13(15)16/h3-7H,1-2H3/b10-7-. The lowest BCUT2D eigenvalue weighted by molar-refractivity contribution is -0.384. The number of rotatable bonds is 2. The van der Waals surface area contributed by atoms with Crippen LogP contribution in [-0.2, 0) is 9.47 Å². The van der Waals surface area contributed by atoms with Crippen LogP contribution in [0.15, 0.2) is 30.0 Å². The number of nitrogens with zero attached hydrogens (tertiary/aromatic N) is 1. The Labute approximate surface area is 103 Å². The molecule has 2 rings (SSSR count). The summed E-state index contributed by atoms with van der Waals surface area (Å²) in [5.74, 6) is 0.376. The number of nitro groups is 1. The van der Waals surface area contributed by atoms with E-state index >= 15 is 0 Å². The van der Waals surface area contributed by atoms with Gasteiger partial charge >= 0.3 is 6.16 Å². The zero-order valence-corrected chi connectivity index (χ0v) is 9.88. The number of ether oxygens (including phenoxy) is 2. The number of hydrogen-bond donors (Lipinski definition) is 0. The molecule has 0 radical (unpaired) electrons. The van der Waals surface area contributed by atoms with E-state index < -0.39 is 16.7 Å². The highest BCUT2D eigenvalue weighted by Crippen LogP contribution is 2.31. The summed E-state index contributed by atoms with van der Waals surface area (Å²) in [6.45, 7) is 3.41. The van der Waals surface area contributed by atoms with Crippen molar-refractivity contribution in [1.82, 2.24) is 0 Å². The molecule has 0 bridgehead atoms. The maximum Gasteiger partial charge on any atom is 0.514 e. The summed E-state index contributed by atoms with van der Waals surface area (Å²) in [6.07, 6.45) is 0.877. The summed E-state index contributed by atoms with van der Waals surface area (Å²) < 4.78 is 9.88. The molecule has 1 aromatic rings. The van der Waals surface area contributed by atoms with Gasteiger partial charge in [-0.05, 0) is 37.6 Å². The zero-order valence-electron chi connectivity index (χ0n) is 9.88. The van der Waals surface area contributed by atoms with Crippen LogP contribution < -0.4 is 0 Å². The molecule has 6 nitrogen and oxygen atoms in total. The van der Waals surface area contributed by atoms with Crippen LogP contribution in [0.4, 0.5) is 10.5 Å². The van der Waals surface area contributed by atoms with E-state index in [9.17, 15) is 14.9 Å². The lowest BCUT2D eigenvalue weighted by Gasteiger charge is -2.13. The quantitative estimate of drug-likeness (QED) is 0.457. The van der Waals surface area contributed by atoms with E-state index in [1.165, 1.54) is 12.1 Å². The van der Waals surface area contributed by atoms with Crippen LogP contribution in [0.1, 0.15) is 19.4 Å². The molecular formula is C12H11NO5. The molecule has 0 amide bonds. The van der Waals surface area contributed by atoms with Crippen LogP contribution >= 0.6 is 0 Å². The predicted octanol–water partition coefficient (Wildman–Crippen LogP) is 2.88. The molecule has 1 saturated heterocycles. The van der Waals surface area contributed by atoms with Crippen molar-refractivity contribution >= 4 is 17.9 Å². The van der Waals surface area contributed by atoms with E-state index in [1.54, 1.807) is 32.1 Å². The second-order valence-electron chi connectivity index (χ2n) is 4.32. The van der Waals surface area contributed by atoms with Crippen LogP contribution in [-0.4, -0.2) is 16.7 Å². The summed E-state index contributed by atoms with van der Waals surface area (Å²) >= 11 is 0. The summed E-state index contributed by atoms with van der Waals surface area (Å²) in [5.41, 5.74) is -0.114. The molecule has 1 aliphatic heterocycles. The van der Waals surface area contributed by atoms with Gasteiger partial charge in [0.25, 0.3) is 5.69 Å². The molecule has 0 unspecified atom stereocenters. The number of hydrogen-bond acceptors (Lipinski definition) is 5. The number of non-ortho nitro benzene ring substituents is 1.